The lowest BCUT2D eigenvalue weighted by Crippen LogP contribution is -2.02. The van der Waals surface area contributed by atoms with Crippen LogP contribution in [0.3, 0.4) is 0 Å². The maximum absolute atomic E-state index is 9.87. The first-order valence-electron chi connectivity index (χ1n) is 6.51. The summed E-state index contributed by atoms with van der Waals surface area (Å²) >= 11 is 9.59. The highest BCUT2D eigenvalue weighted by Crippen LogP contribution is 2.32. The van der Waals surface area contributed by atoms with Crippen molar-refractivity contribution >= 4 is 27.5 Å². The molecule has 21 heavy (non-hydrogen) atoms. The summed E-state index contributed by atoms with van der Waals surface area (Å²) in [5.74, 6) is 1.38. The van der Waals surface area contributed by atoms with Gasteiger partial charge in [-0.2, -0.15) is 0 Å². The van der Waals surface area contributed by atoms with Gasteiger partial charge in [-0.05, 0) is 46.5 Å². The van der Waals surface area contributed by atoms with Crippen molar-refractivity contribution in [3.63, 3.8) is 0 Å². The van der Waals surface area contributed by atoms with Gasteiger partial charge in [0.25, 0.3) is 0 Å². The monoisotopic (exact) mass is 370 g/mol. The Balaban J connectivity index is 2.49. The lowest BCUT2D eigenvalue weighted by molar-refractivity contribution is 0.373. The maximum Gasteiger partial charge on any atom is 0.161 e. The molecule has 1 heterocycles. The van der Waals surface area contributed by atoms with Crippen molar-refractivity contribution in [1.29, 1.82) is 0 Å². The molecule has 0 unspecified atom stereocenters. The number of rotatable bonds is 4. The van der Waals surface area contributed by atoms with Crippen molar-refractivity contribution < 1.29 is 9.84 Å². The highest BCUT2D eigenvalue weighted by Gasteiger charge is 2.14. The van der Waals surface area contributed by atoms with Gasteiger partial charge in [-0.1, -0.05) is 25.4 Å². The fourth-order valence-electron chi connectivity index (χ4n) is 1.94. The summed E-state index contributed by atoms with van der Waals surface area (Å²) in [5.41, 5.74) is 1.54. The summed E-state index contributed by atoms with van der Waals surface area (Å²) in [6.07, 6.45) is 0.790. The zero-order chi connectivity index (χ0) is 15.6. The van der Waals surface area contributed by atoms with Crippen molar-refractivity contribution in [2.45, 2.75) is 20.3 Å². The van der Waals surface area contributed by atoms with Gasteiger partial charge in [0, 0.05) is 5.56 Å². The second-order valence-corrected chi connectivity index (χ2v) is 6.23. The number of hydrogen-bond acceptors (Lipinski definition) is 4. The largest absolute Gasteiger partial charge is 0.504 e. The van der Waals surface area contributed by atoms with Crippen molar-refractivity contribution in [3.8, 4) is 22.9 Å². The molecule has 4 nitrogen and oxygen atoms in total. The van der Waals surface area contributed by atoms with E-state index in [1.807, 2.05) is 0 Å². The molecule has 0 radical (unpaired) electrons. The number of benzene rings is 1. The Hall–Kier alpha value is -1.33. The van der Waals surface area contributed by atoms with Gasteiger partial charge in [0.15, 0.2) is 17.3 Å². The van der Waals surface area contributed by atoms with Crippen molar-refractivity contribution in [3.05, 3.63) is 33.5 Å². The number of ether oxygens (including phenoxy) is 1. The summed E-state index contributed by atoms with van der Waals surface area (Å²) in [6, 6.07) is 5.03. The predicted molar refractivity (Wildman–Crippen MR) is 86.9 cm³/mol. The van der Waals surface area contributed by atoms with E-state index in [1.165, 1.54) is 7.11 Å². The zero-order valence-corrected chi connectivity index (χ0v) is 14.4. The van der Waals surface area contributed by atoms with E-state index in [0.717, 1.165) is 16.6 Å². The summed E-state index contributed by atoms with van der Waals surface area (Å²) in [6.45, 7) is 4.22. The molecule has 0 saturated heterocycles. The highest BCUT2D eigenvalue weighted by molar-refractivity contribution is 9.10. The Kier molecular flexibility index (Phi) is 5.06. The van der Waals surface area contributed by atoms with Crippen LogP contribution in [0.1, 0.15) is 19.5 Å². The lowest BCUT2D eigenvalue weighted by atomic mass is 10.1. The first-order valence-corrected chi connectivity index (χ1v) is 7.68. The van der Waals surface area contributed by atoms with Crippen LogP contribution in [0.5, 0.6) is 11.5 Å². The molecule has 2 aromatic rings. The number of methoxy groups -OCH3 is 1. The lowest BCUT2D eigenvalue weighted by Gasteiger charge is -2.11. The van der Waals surface area contributed by atoms with E-state index in [9.17, 15) is 5.11 Å². The zero-order valence-electron chi connectivity index (χ0n) is 12.0. The third kappa shape index (κ3) is 3.66. The summed E-state index contributed by atoms with van der Waals surface area (Å²) < 4.78 is 5.75. The van der Waals surface area contributed by atoms with Gasteiger partial charge in [0.05, 0.1) is 17.3 Å². The number of aromatic hydroxyl groups is 1. The van der Waals surface area contributed by atoms with Crippen molar-refractivity contribution in [1.82, 2.24) is 9.97 Å². The Labute approximate surface area is 137 Å². The minimum absolute atomic E-state index is 0.0445. The van der Waals surface area contributed by atoms with Crippen molar-refractivity contribution in [2.75, 3.05) is 7.11 Å². The molecule has 1 aromatic heterocycles. The molecular weight excluding hydrogens is 356 g/mol. The molecule has 0 aliphatic carbocycles. The molecule has 1 aromatic carbocycles. The fourth-order valence-corrected chi connectivity index (χ4v) is 2.47. The fraction of sp³-hybridized carbons (Fsp3) is 0.333. The van der Waals surface area contributed by atoms with Crippen LogP contribution in [0.15, 0.2) is 22.7 Å². The van der Waals surface area contributed by atoms with E-state index >= 15 is 0 Å². The first kappa shape index (κ1) is 16.0. The molecule has 2 rings (SSSR count). The third-order valence-electron chi connectivity index (χ3n) is 2.92. The second kappa shape index (κ2) is 6.62. The molecule has 0 atom stereocenters. The predicted octanol–water partition coefficient (Wildman–Crippen LogP) is 4.47. The van der Waals surface area contributed by atoms with Crippen LogP contribution >= 0.6 is 27.5 Å². The van der Waals surface area contributed by atoms with Crippen molar-refractivity contribution in [2.24, 2.45) is 5.92 Å². The van der Waals surface area contributed by atoms with Crippen LogP contribution in [0.4, 0.5) is 0 Å². The number of hydrogen-bond donors (Lipinski definition) is 1. The molecule has 0 amide bonds. The highest BCUT2D eigenvalue weighted by atomic mass is 79.9. The van der Waals surface area contributed by atoms with E-state index in [-0.39, 0.29) is 5.75 Å². The van der Waals surface area contributed by atoms with Crippen LogP contribution in [0.2, 0.25) is 5.15 Å². The molecular formula is C15H16BrClN2O2. The van der Waals surface area contributed by atoms with E-state index in [2.05, 4.69) is 39.7 Å². The quantitative estimate of drug-likeness (QED) is 0.806. The number of nitrogens with zero attached hydrogens (tertiary/aromatic N) is 2. The molecule has 1 N–H and O–H groups in total. The average molecular weight is 372 g/mol. The number of halogens is 2. The summed E-state index contributed by atoms with van der Waals surface area (Å²) in [4.78, 5) is 8.81. The SMILES string of the molecule is COc1ccc(-c2nc(Cl)c(Br)c(CC(C)C)n2)cc1O. The maximum atomic E-state index is 9.87. The van der Waals surface area contributed by atoms with Crippen LogP contribution < -0.4 is 4.74 Å². The minimum Gasteiger partial charge on any atom is -0.504 e. The molecule has 0 aliphatic heterocycles. The molecule has 6 heteroatoms. The molecule has 112 valence electrons. The first-order chi connectivity index (χ1) is 9.92. The van der Waals surface area contributed by atoms with E-state index in [1.54, 1.807) is 18.2 Å². The Morgan fingerprint density at radius 1 is 1.33 bits per heavy atom. The van der Waals surface area contributed by atoms with Gasteiger partial charge >= 0.3 is 0 Å². The Bertz CT molecular complexity index is 662. The second-order valence-electron chi connectivity index (χ2n) is 5.08. The van der Waals surface area contributed by atoms with E-state index < -0.39 is 0 Å². The molecule has 0 fully saturated rings. The van der Waals surface area contributed by atoms with Gasteiger partial charge in [0.1, 0.15) is 5.15 Å². The Morgan fingerprint density at radius 3 is 2.62 bits per heavy atom. The van der Waals surface area contributed by atoms with Gasteiger partial charge in [-0.3, -0.25) is 0 Å². The van der Waals surface area contributed by atoms with Crippen LogP contribution in [-0.2, 0) is 6.42 Å². The summed E-state index contributed by atoms with van der Waals surface area (Å²) in [5, 5.41) is 10.2. The van der Waals surface area contributed by atoms with Gasteiger partial charge in [0.2, 0.25) is 0 Å². The topological polar surface area (TPSA) is 55.2 Å². The molecule has 0 saturated carbocycles. The molecule has 0 bridgehead atoms. The van der Waals surface area contributed by atoms with Crippen LogP contribution in [-0.4, -0.2) is 22.2 Å². The van der Waals surface area contributed by atoms with Gasteiger partial charge < -0.3 is 9.84 Å². The van der Waals surface area contributed by atoms with E-state index in [4.69, 9.17) is 16.3 Å². The molecule has 0 aliphatic rings. The molecule has 0 spiro atoms. The van der Waals surface area contributed by atoms with Gasteiger partial charge in [-0.15, -0.1) is 0 Å². The number of aromatic nitrogens is 2. The Morgan fingerprint density at radius 2 is 2.05 bits per heavy atom. The van der Waals surface area contributed by atoms with Crippen LogP contribution in [0, 0.1) is 5.92 Å². The normalized spacial score (nSPS) is 11.0. The third-order valence-corrected chi connectivity index (χ3v) is 4.25. The summed E-state index contributed by atoms with van der Waals surface area (Å²) in [7, 11) is 1.50. The van der Waals surface area contributed by atoms with E-state index in [0.29, 0.717) is 28.2 Å². The number of phenols is 1. The smallest absolute Gasteiger partial charge is 0.161 e. The van der Waals surface area contributed by atoms with Crippen LogP contribution in [0.25, 0.3) is 11.4 Å². The van der Waals surface area contributed by atoms with Gasteiger partial charge in [-0.25, -0.2) is 9.97 Å². The minimum atomic E-state index is 0.0445. The standard InChI is InChI=1S/C15H16BrClN2O2/c1-8(2)6-10-13(16)14(17)19-15(18-10)9-4-5-12(21-3)11(20)7-9/h4-5,7-8,20H,6H2,1-3H3. The number of phenolic OH excluding ortho intramolecular Hbond substituents is 1. The average Bonchev–Trinajstić information content (AvgIpc) is 2.43.